The molecule has 0 radical (unpaired) electrons. The van der Waals surface area contributed by atoms with Crippen LogP contribution in [0.1, 0.15) is 0 Å². The van der Waals surface area contributed by atoms with Gasteiger partial charge in [-0.1, -0.05) is 48.5 Å². The highest BCUT2D eigenvalue weighted by atomic mass is 16.6. The van der Waals surface area contributed by atoms with Crippen molar-refractivity contribution < 1.29 is 4.92 Å². The second kappa shape index (κ2) is 4.14. The van der Waals surface area contributed by atoms with E-state index >= 15 is 0 Å². The molecule has 116 valence electrons. The normalized spacial score (nSPS) is 12.3. The van der Waals surface area contributed by atoms with Crippen molar-refractivity contribution in [2.45, 2.75) is 0 Å². The van der Waals surface area contributed by atoms with Crippen molar-refractivity contribution in [3.05, 3.63) is 76.8 Å². The topological polar surface area (TPSA) is 43.1 Å². The third-order valence-electron chi connectivity index (χ3n) is 5.45. The molecule has 0 amide bonds. The molecule has 6 rings (SSSR count). The quantitative estimate of drug-likeness (QED) is 0.156. The van der Waals surface area contributed by atoms with Gasteiger partial charge in [-0.15, -0.1) is 0 Å². The van der Waals surface area contributed by atoms with Gasteiger partial charge in [-0.05, 0) is 55.2 Å². The molecule has 0 spiro atoms. The van der Waals surface area contributed by atoms with Gasteiger partial charge in [-0.2, -0.15) is 0 Å². The smallest absolute Gasteiger partial charge is 0.258 e. The molecule has 0 aliphatic heterocycles. The first-order valence-electron chi connectivity index (χ1n) is 8.23. The predicted molar refractivity (Wildman–Crippen MR) is 103 cm³/mol. The average molecular weight is 321 g/mol. The van der Waals surface area contributed by atoms with E-state index in [1.807, 2.05) is 18.2 Å². The fourth-order valence-corrected chi connectivity index (χ4v) is 4.45. The summed E-state index contributed by atoms with van der Waals surface area (Å²) in [6, 6.07) is 22.3. The van der Waals surface area contributed by atoms with E-state index in [1.54, 1.807) is 6.07 Å². The molecule has 0 unspecified atom stereocenters. The van der Waals surface area contributed by atoms with E-state index < -0.39 is 0 Å². The summed E-state index contributed by atoms with van der Waals surface area (Å²) >= 11 is 0. The van der Waals surface area contributed by atoms with Crippen molar-refractivity contribution in [3.63, 3.8) is 0 Å². The highest BCUT2D eigenvalue weighted by Crippen LogP contribution is 2.46. The van der Waals surface area contributed by atoms with Crippen molar-refractivity contribution in [1.82, 2.24) is 0 Å². The lowest BCUT2D eigenvalue weighted by molar-refractivity contribution is -0.383. The van der Waals surface area contributed by atoms with Crippen LogP contribution in [-0.2, 0) is 0 Å². The highest BCUT2D eigenvalue weighted by molar-refractivity contribution is 6.40. The zero-order valence-electron chi connectivity index (χ0n) is 13.1. The number of hydrogen-bond acceptors (Lipinski definition) is 2. The van der Waals surface area contributed by atoms with Crippen LogP contribution in [0.2, 0.25) is 0 Å². The standard InChI is InChI=1S/C22H11NO2/c24-23(25)18-11-10-16-15-3-1-2-12-4-5-13-6-7-14-8-9-17(18)22(16)21(14)20(13)19(12)15/h1-11H. The van der Waals surface area contributed by atoms with E-state index in [9.17, 15) is 10.1 Å². The Morgan fingerprint density at radius 1 is 0.560 bits per heavy atom. The Kier molecular flexibility index (Phi) is 2.13. The Morgan fingerprint density at radius 3 is 1.84 bits per heavy atom. The molecule has 0 saturated carbocycles. The molecule has 0 heterocycles. The number of non-ortho nitro benzene ring substituents is 1. The van der Waals surface area contributed by atoms with Crippen molar-refractivity contribution in [3.8, 4) is 0 Å². The molecule has 0 aliphatic rings. The lowest BCUT2D eigenvalue weighted by atomic mass is 9.85. The van der Waals surface area contributed by atoms with Crippen LogP contribution in [0, 0.1) is 10.1 Å². The molecule has 6 aromatic carbocycles. The second-order valence-corrected chi connectivity index (χ2v) is 6.61. The minimum Gasteiger partial charge on any atom is -0.258 e. The van der Waals surface area contributed by atoms with E-state index in [4.69, 9.17) is 0 Å². The Morgan fingerprint density at radius 2 is 1.12 bits per heavy atom. The molecule has 0 N–H and O–H groups in total. The maximum Gasteiger partial charge on any atom is 0.277 e. The lowest BCUT2D eigenvalue weighted by Crippen LogP contribution is -1.93. The van der Waals surface area contributed by atoms with Gasteiger partial charge in [0.05, 0.1) is 10.3 Å². The number of nitro groups is 1. The minimum absolute atomic E-state index is 0.171. The van der Waals surface area contributed by atoms with Gasteiger partial charge in [0.15, 0.2) is 0 Å². The summed E-state index contributed by atoms with van der Waals surface area (Å²) < 4.78 is 0. The summed E-state index contributed by atoms with van der Waals surface area (Å²) in [4.78, 5) is 11.3. The molecule has 25 heavy (non-hydrogen) atoms. The van der Waals surface area contributed by atoms with E-state index in [-0.39, 0.29) is 10.6 Å². The molecule has 0 bridgehead atoms. The number of benzene rings is 6. The average Bonchev–Trinajstić information content (AvgIpc) is 2.65. The van der Waals surface area contributed by atoms with Crippen LogP contribution >= 0.6 is 0 Å². The summed E-state index contributed by atoms with van der Waals surface area (Å²) in [6.07, 6.45) is 0. The van der Waals surface area contributed by atoms with Gasteiger partial charge < -0.3 is 0 Å². The molecular formula is C22H11NO2. The van der Waals surface area contributed by atoms with Gasteiger partial charge >= 0.3 is 0 Å². The van der Waals surface area contributed by atoms with Crippen molar-refractivity contribution in [2.75, 3.05) is 0 Å². The summed E-state index contributed by atoms with van der Waals surface area (Å²) in [6.45, 7) is 0. The summed E-state index contributed by atoms with van der Waals surface area (Å²) in [5.74, 6) is 0. The van der Waals surface area contributed by atoms with E-state index in [0.717, 1.165) is 26.9 Å². The SMILES string of the molecule is O=[N+]([O-])c1ccc2c3cccc4ccc5ccc6ccc1c2c6c5c43. The van der Waals surface area contributed by atoms with Crippen LogP contribution < -0.4 is 0 Å². The van der Waals surface area contributed by atoms with E-state index in [2.05, 4.69) is 42.5 Å². The zero-order chi connectivity index (χ0) is 16.7. The van der Waals surface area contributed by atoms with Gasteiger partial charge in [-0.3, -0.25) is 10.1 Å². The second-order valence-electron chi connectivity index (χ2n) is 6.61. The van der Waals surface area contributed by atoms with Gasteiger partial charge in [0.2, 0.25) is 0 Å². The van der Waals surface area contributed by atoms with Crippen LogP contribution in [0.3, 0.4) is 0 Å². The summed E-state index contributed by atoms with van der Waals surface area (Å²) in [5, 5.41) is 22.6. The molecular weight excluding hydrogens is 310 g/mol. The maximum atomic E-state index is 11.5. The number of nitrogens with zero attached hydrogens (tertiary/aromatic N) is 1. The Labute approximate surface area is 141 Å². The number of nitro benzene ring substituents is 1. The Hall–Kier alpha value is -3.46. The molecule has 0 saturated heterocycles. The predicted octanol–water partition coefficient (Wildman–Crippen LogP) is 6.24. The minimum atomic E-state index is -0.286. The van der Waals surface area contributed by atoms with Crippen LogP contribution in [0.15, 0.2) is 66.7 Å². The first-order chi connectivity index (χ1) is 12.2. The molecule has 6 aromatic rings. The van der Waals surface area contributed by atoms with Gasteiger partial charge in [0.25, 0.3) is 5.69 Å². The van der Waals surface area contributed by atoms with Crippen LogP contribution in [0.4, 0.5) is 5.69 Å². The zero-order valence-corrected chi connectivity index (χ0v) is 13.1. The molecule has 3 nitrogen and oxygen atoms in total. The Bertz CT molecular complexity index is 1460. The first kappa shape index (κ1) is 12.9. The van der Waals surface area contributed by atoms with Crippen LogP contribution in [-0.4, -0.2) is 4.92 Å². The fourth-order valence-electron chi connectivity index (χ4n) is 4.45. The maximum absolute atomic E-state index is 11.5. The molecule has 0 aliphatic carbocycles. The van der Waals surface area contributed by atoms with Gasteiger partial charge in [-0.25, -0.2) is 0 Å². The lowest BCUT2D eigenvalue weighted by Gasteiger charge is -2.17. The third-order valence-corrected chi connectivity index (χ3v) is 5.45. The summed E-state index contributed by atoms with van der Waals surface area (Å²) in [7, 11) is 0. The van der Waals surface area contributed by atoms with Crippen molar-refractivity contribution in [2.24, 2.45) is 0 Å². The van der Waals surface area contributed by atoms with Crippen LogP contribution in [0.5, 0.6) is 0 Å². The molecule has 0 fully saturated rings. The monoisotopic (exact) mass is 321 g/mol. The van der Waals surface area contributed by atoms with E-state index in [1.165, 1.54) is 21.5 Å². The number of hydrogen-bond donors (Lipinski definition) is 0. The van der Waals surface area contributed by atoms with Crippen molar-refractivity contribution >= 4 is 59.5 Å². The largest absolute Gasteiger partial charge is 0.277 e. The Balaban J connectivity index is 2.11. The fraction of sp³-hybridized carbons (Fsp3) is 0. The van der Waals surface area contributed by atoms with Crippen LogP contribution in [0.25, 0.3) is 53.9 Å². The van der Waals surface area contributed by atoms with Gasteiger partial charge in [0.1, 0.15) is 0 Å². The highest BCUT2D eigenvalue weighted by Gasteiger charge is 2.20. The third kappa shape index (κ3) is 1.42. The molecule has 0 atom stereocenters. The number of rotatable bonds is 1. The van der Waals surface area contributed by atoms with Crippen molar-refractivity contribution in [1.29, 1.82) is 0 Å². The summed E-state index contributed by atoms with van der Waals surface area (Å²) in [5.41, 5.74) is 0.171. The van der Waals surface area contributed by atoms with E-state index in [0.29, 0.717) is 5.39 Å². The molecule has 3 heteroatoms. The molecule has 0 aromatic heterocycles. The first-order valence-corrected chi connectivity index (χ1v) is 8.23. The number of fused-ring (bicyclic) bond motifs is 1. The van der Waals surface area contributed by atoms with Gasteiger partial charge in [0, 0.05) is 11.5 Å².